The molecule has 0 bridgehead atoms. The quantitative estimate of drug-likeness (QED) is 0.680. The van der Waals surface area contributed by atoms with Crippen molar-refractivity contribution in [3.63, 3.8) is 0 Å². The van der Waals surface area contributed by atoms with Gasteiger partial charge in [-0.2, -0.15) is 0 Å². The van der Waals surface area contributed by atoms with Crippen molar-refractivity contribution in [1.82, 2.24) is 4.98 Å². The van der Waals surface area contributed by atoms with Crippen LogP contribution in [-0.2, 0) is 10.8 Å². The molecule has 0 aromatic carbocycles. The Morgan fingerprint density at radius 3 is 2.94 bits per heavy atom. The summed E-state index contributed by atoms with van der Waals surface area (Å²) in [6.07, 6.45) is 2.96. The first kappa shape index (κ1) is 12.4. The summed E-state index contributed by atoms with van der Waals surface area (Å²) in [5, 5.41) is 11.7. The highest BCUT2D eigenvalue weighted by molar-refractivity contribution is 7.84. The van der Waals surface area contributed by atoms with Crippen molar-refractivity contribution in [2.24, 2.45) is 0 Å². The summed E-state index contributed by atoms with van der Waals surface area (Å²) >= 11 is 0. The number of hydrogen-bond acceptors (Lipinski definition) is 5. The molecular weight excluding hydrogens is 230 g/mol. The van der Waals surface area contributed by atoms with Crippen LogP contribution in [0.4, 0.5) is 11.5 Å². The van der Waals surface area contributed by atoms with E-state index in [2.05, 4.69) is 10.3 Å². The van der Waals surface area contributed by atoms with Crippen molar-refractivity contribution in [1.29, 1.82) is 0 Å². The number of hydrogen-bond donors (Lipinski definition) is 3. The predicted octanol–water partition coefficient (Wildman–Crippen LogP) is 0.152. The number of nitrogens with one attached hydrogen (secondary N) is 1. The molecule has 0 spiro atoms. The van der Waals surface area contributed by atoms with Crippen LogP contribution in [0.2, 0.25) is 0 Å². The van der Waals surface area contributed by atoms with Gasteiger partial charge < -0.3 is 16.2 Å². The van der Waals surface area contributed by atoms with Gasteiger partial charge in [-0.3, -0.25) is 4.21 Å². The highest BCUT2D eigenvalue weighted by Gasteiger charge is 2.11. The minimum Gasteiger partial charge on any atom is -0.478 e. The molecule has 0 aliphatic heterocycles. The standard InChI is InChI=1S/C9H13N3O3S/c1-16(15)5-4-12-8-7(10)6(9(13)14)2-3-11-8/h2-3H,4-5,10H2,1H3,(H,11,12)(H,13,14). The van der Waals surface area contributed by atoms with Crippen LogP contribution in [0.15, 0.2) is 12.3 Å². The summed E-state index contributed by atoms with van der Waals surface area (Å²) < 4.78 is 10.8. The number of anilines is 2. The van der Waals surface area contributed by atoms with Gasteiger partial charge in [0.1, 0.15) is 5.82 Å². The van der Waals surface area contributed by atoms with E-state index in [4.69, 9.17) is 10.8 Å². The van der Waals surface area contributed by atoms with E-state index in [0.717, 1.165) is 0 Å². The molecule has 0 aliphatic carbocycles. The van der Waals surface area contributed by atoms with E-state index in [1.165, 1.54) is 12.3 Å². The van der Waals surface area contributed by atoms with Crippen molar-refractivity contribution in [2.75, 3.05) is 29.6 Å². The second-order valence-corrected chi connectivity index (χ2v) is 4.68. The SMILES string of the molecule is CS(=O)CCNc1nccc(C(=O)O)c1N. The fourth-order valence-electron chi connectivity index (χ4n) is 1.11. The normalized spacial score (nSPS) is 12.1. The highest BCUT2D eigenvalue weighted by atomic mass is 32.2. The van der Waals surface area contributed by atoms with Crippen molar-refractivity contribution < 1.29 is 14.1 Å². The first-order valence-corrected chi connectivity index (χ1v) is 6.26. The minimum absolute atomic E-state index is 0.00937. The molecule has 4 N–H and O–H groups in total. The van der Waals surface area contributed by atoms with E-state index >= 15 is 0 Å². The Balaban J connectivity index is 2.77. The number of carboxylic acids is 1. The maximum atomic E-state index is 10.8. The molecule has 6 nitrogen and oxygen atoms in total. The van der Waals surface area contributed by atoms with Gasteiger partial charge in [0, 0.05) is 35.5 Å². The number of aromatic nitrogens is 1. The molecule has 7 heteroatoms. The monoisotopic (exact) mass is 243 g/mol. The van der Waals surface area contributed by atoms with Crippen LogP contribution in [0.5, 0.6) is 0 Å². The molecule has 0 saturated heterocycles. The number of nitrogens with two attached hydrogens (primary N) is 1. The molecule has 1 heterocycles. The molecule has 88 valence electrons. The van der Waals surface area contributed by atoms with Crippen LogP contribution >= 0.6 is 0 Å². The fraction of sp³-hybridized carbons (Fsp3) is 0.333. The third-order valence-electron chi connectivity index (χ3n) is 1.90. The second-order valence-electron chi connectivity index (χ2n) is 3.13. The Bertz CT molecular complexity index is 422. The third-order valence-corrected chi connectivity index (χ3v) is 2.68. The Labute approximate surface area is 95.3 Å². The summed E-state index contributed by atoms with van der Waals surface area (Å²) in [5.74, 6) is -0.328. The topological polar surface area (TPSA) is 105 Å². The molecule has 1 aromatic rings. The van der Waals surface area contributed by atoms with E-state index in [1.54, 1.807) is 6.26 Å². The fourth-order valence-corrected chi connectivity index (χ4v) is 1.50. The first-order valence-electron chi connectivity index (χ1n) is 4.54. The van der Waals surface area contributed by atoms with Gasteiger partial charge in [-0.15, -0.1) is 0 Å². The van der Waals surface area contributed by atoms with Crippen LogP contribution in [-0.4, -0.2) is 38.8 Å². The van der Waals surface area contributed by atoms with Crippen molar-refractivity contribution in [2.45, 2.75) is 0 Å². The van der Waals surface area contributed by atoms with Gasteiger partial charge in [-0.1, -0.05) is 0 Å². The maximum absolute atomic E-state index is 10.8. The summed E-state index contributed by atoms with van der Waals surface area (Å²) in [6.45, 7) is 0.434. The van der Waals surface area contributed by atoms with E-state index in [1.807, 2.05) is 0 Å². The van der Waals surface area contributed by atoms with Gasteiger partial charge in [0.15, 0.2) is 0 Å². The number of nitrogen functional groups attached to an aromatic ring is 1. The van der Waals surface area contributed by atoms with Crippen LogP contribution < -0.4 is 11.1 Å². The molecule has 0 radical (unpaired) electrons. The summed E-state index contributed by atoms with van der Waals surface area (Å²) in [4.78, 5) is 14.7. The van der Waals surface area contributed by atoms with Crippen molar-refractivity contribution >= 4 is 28.3 Å². The Morgan fingerprint density at radius 1 is 1.69 bits per heavy atom. The highest BCUT2D eigenvalue weighted by Crippen LogP contribution is 2.19. The molecule has 0 saturated carbocycles. The van der Waals surface area contributed by atoms with Crippen LogP contribution in [0.1, 0.15) is 10.4 Å². The average molecular weight is 243 g/mol. The third kappa shape index (κ3) is 3.20. The largest absolute Gasteiger partial charge is 0.478 e. The average Bonchev–Trinajstić information content (AvgIpc) is 2.19. The predicted molar refractivity (Wildman–Crippen MR) is 63.0 cm³/mol. The molecule has 0 amide bonds. The van der Waals surface area contributed by atoms with E-state index in [0.29, 0.717) is 18.1 Å². The second kappa shape index (κ2) is 5.45. The summed E-state index contributed by atoms with van der Waals surface area (Å²) in [5.41, 5.74) is 5.72. The molecule has 1 unspecified atom stereocenters. The number of aromatic carboxylic acids is 1. The van der Waals surface area contributed by atoms with Crippen LogP contribution in [0.3, 0.4) is 0 Å². The van der Waals surface area contributed by atoms with E-state index in [9.17, 15) is 9.00 Å². The van der Waals surface area contributed by atoms with Crippen molar-refractivity contribution in [3.05, 3.63) is 17.8 Å². The Hall–Kier alpha value is -1.63. The van der Waals surface area contributed by atoms with Crippen LogP contribution in [0.25, 0.3) is 0 Å². The lowest BCUT2D eigenvalue weighted by Crippen LogP contribution is -2.14. The summed E-state index contributed by atoms with van der Waals surface area (Å²) in [6, 6.07) is 1.33. The smallest absolute Gasteiger partial charge is 0.337 e. The number of nitrogens with zero attached hydrogens (tertiary/aromatic N) is 1. The molecule has 16 heavy (non-hydrogen) atoms. The summed E-state index contributed by atoms with van der Waals surface area (Å²) in [7, 11) is -0.907. The van der Waals surface area contributed by atoms with Crippen LogP contribution in [0, 0.1) is 0 Å². The number of rotatable bonds is 5. The van der Waals surface area contributed by atoms with Gasteiger partial charge in [0.2, 0.25) is 0 Å². The van der Waals surface area contributed by atoms with Gasteiger partial charge in [-0.25, -0.2) is 9.78 Å². The van der Waals surface area contributed by atoms with Gasteiger partial charge >= 0.3 is 5.97 Å². The molecular formula is C9H13N3O3S. The zero-order valence-electron chi connectivity index (χ0n) is 8.77. The van der Waals surface area contributed by atoms with Gasteiger partial charge in [-0.05, 0) is 6.07 Å². The molecule has 0 fully saturated rings. The Morgan fingerprint density at radius 2 is 2.38 bits per heavy atom. The minimum atomic E-state index is -1.10. The van der Waals surface area contributed by atoms with Crippen molar-refractivity contribution in [3.8, 4) is 0 Å². The number of pyridine rings is 1. The zero-order chi connectivity index (χ0) is 12.1. The van der Waals surface area contributed by atoms with Gasteiger partial charge in [0.25, 0.3) is 0 Å². The van der Waals surface area contributed by atoms with E-state index < -0.39 is 16.8 Å². The number of carboxylic acid groups (broad SMARTS) is 1. The zero-order valence-corrected chi connectivity index (χ0v) is 9.58. The van der Waals surface area contributed by atoms with Gasteiger partial charge in [0.05, 0.1) is 11.3 Å². The van der Waals surface area contributed by atoms with E-state index in [-0.39, 0.29) is 11.3 Å². The first-order chi connectivity index (χ1) is 7.52. The molecule has 1 atom stereocenters. The molecule has 1 rings (SSSR count). The molecule has 1 aromatic heterocycles. The maximum Gasteiger partial charge on any atom is 0.337 e. The lowest BCUT2D eigenvalue weighted by atomic mass is 10.2. The lowest BCUT2D eigenvalue weighted by molar-refractivity contribution is 0.0698. The lowest BCUT2D eigenvalue weighted by Gasteiger charge is -2.08. The number of carbonyl (C=O) groups is 1. The molecule has 0 aliphatic rings. The Kier molecular flexibility index (Phi) is 4.24.